The fraction of sp³-hybridized carbons (Fsp3) is 1.00. The van der Waals surface area contributed by atoms with E-state index in [4.69, 9.17) is 0 Å². The minimum Gasteiger partial charge on any atom is -0.0530 e. The highest BCUT2D eigenvalue weighted by Gasteiger charge is 2.79. The molecule has 94 valence electrons. The molecule has 5 heteroatoms. The molecule has 0 atom stereocenters. The van der Waals surface area contributed by atoms with Crippen molar-refractivity contribution in [2.75, 3.05) is 0 Å². The number of hydrogen-bond donors (Lipinski definition) is 0. The van der Waals surface area contributed by atoms with E-state index in [0.717, 1.165) is 25.9 Å². The molecule has 2 aromatic heterocycles. The third kappa shape index (κ3) is 1.30. The van der Waals surface area contributed by atoms with Crippen LogP contribution in [0.4, 0.5) is 0 Å². The van der Waals surface area contributed by atoms with Gasteiger partial charge < -0.3 is 0 Å². The molecule has 0 amide bonds. The molecule has 4 heterocycles. The van der Waals surface area contributed by atoms with Crippen LogP contribution in [0.1, 0.15) is 64.2 Å². The van der Waals surface area contributed by atoms with Crippen LogP contribution in [0, 0.1) is 0 Å². The van der Waals surface area contributed by atoms with Crippen LogP contribution in [-0.4, -0.2) is 11.3 Å². The van der Waals surface area contributed by atoms with E-state index in [2.05, 4.69) is 0 Å². The van der Waals surface area contributed by atoms with E-state index in [1.165, 1.54) is 11.3 Å². The highest BCUT2D eigenvalue weighted by Crippen LogP contribution is 3.44. The summed E-state index contributed by atoms with van der Waals surface area (Å²) < 4.78 is 0. The summed E-state index contributed by atoms with van der Waals surface area (Å²) in [5, 5.41) is 0. The lowest BCUT2D eigenvalue weighted by molar-refractivity contribution is 0.487. The Labute approximate surface area is 108 Å². The average Bonchev–Trinajstić information content (AvgIpc) is 3.20. The molecule has 0 unspecified atom stereocenters. The highest BCUT2D eigenvalue weighted by molar-refractivity contribution is 9.42. The summed E-state index contributed by atoms with van der Waals surface area (Å²) in [6.45, 7) is 1.58. The Morgan fingerprint density at radius 2 is 1.00 bits per heavy atom. The topological polar surface area (TPSA) is 0 Å². The SMILES string of the molecule is C1CCC([P+]2(C3CCCCC3)p3p4p2p34)CC1. The first kappa shape index (κ1) is 11.3. The monoisotopic (exact) mass is 321 g/mol. The van der Waals surface area contributed by atoms with Crippen LogP contribution < -0.4 is 0 Å². The zero-order valence-electron chi connectivity index (χ0n) is 10.5. The summed E-state index contributed by atoms with van der Waals surface area (Å²) in [5.41, 5.74) is 2.77. The summed E-state index contributed by atoms with van der Waals surface area (Å²) in [5.74, 6) is 0. The number of hydrogen-bond acceptors (Lipinski definition) is 0. The molecule has 6 rings (SSSR count). The summed E-state index contributed by atoms with van der Waals surface area (Å²) in [6.07, 6.45) is 18.4. The minimum absolute atomic E-state index is 0.190. The van der Waals surface area contributed by atoms with Gasteiger partial charge in [0.05, 0.1) is 24.1 Å². The summed E-state index contributed by atoms with van der Waals surface area (Å²) >= 11 is 0. The predicted molar refractivity (Wildman–Crippen MR) is 88.3 cm³/mol. The maximum atomic E-state index is 1.72. The molecule has 0 N–H and O–H groups in total. The minimum atomic E-state index is -0.190. The van der Waals surface area contributed by atoms with Gasteiger partial charge in [-0.1, -0.05) is 12.8 Å². The second-order valence-corrected chi connectivity index (χ2v) is 42.0. The fourth-order valence-corrected chi connectivity index (χ4v) is 151. The van der Waals surface area contributed by atoms with Crippen LogP contribution >= 0.6 is 32.5 Å². The van der Waals surface area contributed by atoms with Gasteiger partial charge in [0.2, 0.25) is 0 Å². The van der Waals surface area contributed by atoms with Gasteiger partial charge in [0.25, 0.3) is 0 Å². The van der Waals surface area contributed by atoms with Gasteiger partial charge >= 0.3 is 0 Å². The van der Waals surface area contributed by atoms with Crippen LogP contribution in [0.15, 0.2) is 0 Å². The number of rotatable bonds is 2. The molecule has 2 fully saturated rings. The van der Waals surface area contributed by atoms with Gasteiger partial charge in [0.15, 0.2) is 0 Å². The van der Waals surface area contributed by atoms with Crippen LogP contribution in [0.25, 0.3) is 0 Å². The van der Waals surface area contributed by atoms with E-state index in [1.54, 1.807) is 64.2 Å². The lowest BCUT2D eigenvalue weighted by Gasteiger charge is -2.44. The Hall–Kier alpha value is 1.63. The lowest BCUT2D eigenvalue weighted by Crippen LogP contribution is -2.24. The third-order valence-corrected chi connectivity index (χ3v) is 85.6. The molecule has 2 bridgehead atoms. The van der Waals surface area contributed by atoms with Gasteiger partial charge in [-0.2, -0.15) is 0 Å². The van der Waals surface area contributed by atoms with Crippen LogP contribution in [-0.2, 0) is 0 Å². The van der Waals surface area contributed by atoms with Crippen molar-refractivity contribution >= 4 is 32.5 Å². The maximum absolute atomic E-state index is 1.72. The largest absolute Gasteiger partial charge is 0.123 e. The first-order chi connectivity index (χ1) is 8.45. The van der Waals surface area contributed by atoms with Crippen molar-refractivity contribution in [2.45, 2.75) is 75.5 Å². The van der Waals surface area contributed by atoms with Gasteiger partial charge in [-0.3, -0.25) is 0 Å². The Bertz CT molecular complexity index is 449. The van der Waals surface area contributed by atoms with E-state index >= 15 is 0 Å². The normalized spacial score (nSPS) is 34.6. The molecule has 0 saturated heterocycles. The first-order valence-electron chi connectivity index (χ1n) is 7.55. The van der Waals surface area contributed by atoms with Crippen LogP contribution in [0.2, 0.25) is 0 Å². The third-order valence-electron chi connectivity index (χ3n) is 5.54. The Kier molecular flexibility index (Phi) is 2.55. The van der Waals surface area contributed by atoms with Crippen molar-refractivity contribution in [3.63, 3.8) is 0 Å². The lowest BCUT2D eigenvalue weighted by atomic mass is 10.00. The summed E-state index contributed by atoms with van der Waals surface area (Å²) in [7, 11) is 0. The molecule has 17 heavy (non-hydrogen) atoms. The predicted octanol–water partition coefficient (Wildman–Crippen LogP) is 8.04. The van der Waals surface area contributed by atoms with Crippen LogP contribution in [0.3, 0.4) is 0 Å². The molecular formula is C12H22P5+. The zero-order chi connectivity index (χ0) is 11.0. The van der Waals surface area contributed by atoms with E-state index in [9.17, 15) is 0 Å². The second-order valence-electron chi connectivity index (χ2n) is 6.36. The van der Waals surface area contributed by atoms with Crippen molar-refractivity contribution in [1.29, 1.82) is 0 Å². The summed E-state index contributed by atoms with van der Waals surface area (Å²) in [4.78, 5) is 0. The van der Waals surface area contributed by atoms with E-state index in [0.29, 0.717) is 0 Å². The molecule has 0 aromatic carbocycles. The van der Waals surface area contributed by atoms with Crippen LogP contribution in [0.5, 0.6) is 0 Å². The smallest absolute Gasteiger partial charge is 0.0530 e. The second kappa shape index (κ2) is 3.84. The Morgan fingerprint density at radius 1 is 0.588 bits per heavy atom. The molecule has 0 nitrogen and oxygen atoms in total. The van der Waals surface area contributed by atoms with Gasteiger partial charge in [0.1, 0.15) is 19.8 Å². The van der Waals surface area contributed by atoms with E-state index < -0.39 is 0 Å². The Balaban J connectivity index is 1.47. The molecule has 2 aromatic rings. The van der Waals surface area contributed by atoms with Crippen molar-refractivity contribution in [3.05, 3.63) is 0 Å². The maximum Gasteiger partial charge on any atom is 0.123 e. The Morgan fingerprint density at radius 3 is 1.35 bits per heavy atom. The van der Waals surface area contributed by atoms with Gasteiger partial charge in [-0.05, 0) is 51.4 Å². The van der Waals surface area contributed by atoms with Crippen molar-refractivity contribution in [2.24, 2.45) is 0 Å². The average molecular weight is 321 g/mol. The first-order valence-corrected chi connectivity index (χ1v) is 19.8. The molecule has 2 saturated carbocycles. The van der Waals surface area contributed by atoms with Crippen molar-refractivity contribution < 1.29 is 0 Å². The molecule has 2 aliphatic heterocycles. The summed E-state index contributed by atoms with van der Waals surface area (Å²) in [6, 6.07) is 0. The molecule has 2 aliphatic carbocycles. The van der Waals surface area contributed by atoms with Gasteiger partial charge in [-0.15, -0.1) is 0 Å². The van der Waals surface area contributed by atoms with Crippen molar-refractivity contribution in [1.82, 2.24) is 0 Å². The molecular weight excluding hydrogens is 299 g/mol. The van der Waals surface area contributed by atoms with E-state index in [1.807, 2.05) is 0 Å². The molecule has 4 aliphatic rings. The fourth-order valence-electron chi connectivity index (χ4n) is 4.65. The van der Waals surface area contributed by atoms with Gasteiger partial charge in [-0.25, -0.2) is 0 Å². The van der Waals surface area contributed by atoms with Gasteiger partial charge in [0, 0.05) is 0 Å². The standard InChI is InChI=1S/C12H22P5/c1-3-7-11(8-4-1)17(12-9-5-2-6-10-12)15-13-14(15)16(13)17/h11-12H,1-10H2/q+1. The van der Waals surface area contributed by atoms with Crippen molar-refractivity contribution in [3.8, 4) is 0 Å². The van der Waals surface area contributed by atoms with E-state index in [-0.39, 0.29) is 6.64 Å². The molecule has 0 spiro atoms. The highest BCUT2D eigenvalue weighted by atomic mass is 33.4. The zero-order valence-corrected chi connectivity index (χ0v) is 14.9. The molecule has 0 radical (unpaired) electrons. The quantitative estimate of drug-likeness (QED) is 0.491.